The Morgan fingerprint density at radius 3 is 2.12 bits per heavy atom. The van der Waals surface area contributed by atoms with Crippen LogP contribution in [-0.2, 0) is 5.60 Å². The zero-order valence-electron chi connectivity index (χ0n) is 11.3. The van der Waals surface area contributed by atoms with Crippen LogP contribution in [0.4, 0.5) is 0 Å². The maximum atomic E-state index is 10.6. The lowest BCUT2D eigenvalue weighted by Gasteiger charge is -2.33. The van der Waals surface area contributed by atoms with E-state index in [2.05, 4.69) is 19.2 Å². The van der Waals surface area contributed by atoms with E-state index in [-0.39, 0.29) is 6.04 Å². The van der Waals surface area contributed by atoms with E-state index in [1.807, 2.05) is 38.1 Å². The maximum Gasteiger partial charge on any atom is 0.118 e. The normalized spacial score (nSPS) is 16.6. The molecule has 0 bridgehead atoms. The molecule has 0 fully saturated rings. The van der Waals surface area contributed by atoms with Gasteiger partial charge in [0.05, 0.1) is 7.11 Å². The van der Waals surface area contributed by atoms with Crippen molar-refractivity contribution in [1.29, 1.82) is 0 Å². The summed E-state index contributed by atoms with van der Waals surface area (Å²) in [4.78, 5) is 0. The summed E-state index contributed by atoms with van der Waals surface area (Å²) < 4.78 is 5.11. The van der Waals surface area contributed by atoms with Crippen molar-refractivity contribution in [3.63, 3.8) is 0 Å². The van der Waals surface area contributed by atoms with Crippen LogP contribution in [0, 0.1) is 0 Å². The molecule has 0 aliphatic rings. The highest BCUT2D eigenvalue weighted by atomic mass is 16.5. The van der Waals surface area contributed by atoms with Crippen molar-refractivity contribution in [2.24, 2.45) is 0 Å². The number of ether oxygens (including phenoxy) is 1. The van der Waals surface area contributed by atoms with Crippen molar-refractivity contribution in [2.75, 3.05) is 7.11 Å². The summed E-state index contributed by atoms with van der Waals surface area (Å²) in [6, 6.07) is 7.86. The summed E-state index contributed by atoms with van der Waals surface area (Å²) in [6.07, 6.45) is 0. The number of benzene rings is 1. The van der Waals surface area contributed by atoms with Gasteiger partial charge in [-0.3, -0.25) is 0 Å². The van der Waals surface area contributed by atoms with Crippen LogP contribution in [-0.4, -0.2) is 24.3 Å². The number of rotatable bonds is 5. The molecule has 0 aromatic heterocycles. The molecule has 0 aliphatic heterocycles. The molecule has 17 heavy (non-hydrogen) atoms. The lowest BCUT2D eigenvalue weighted by atomic mass is 9.89. The van der Waals surface area contributed by atoms with Gasteiger partial charge in [-0.2, -0.15) is 0 Å². The number of methoxy groups -OCH3 is 1. The fourth-order valence-corrected chi connectivity index (χ4v) is 1.84. The van der Waals surface area contributed by atoms with Crippen molar-refractivity contribution >= 4 is 0 Å². The largest absolute Gasteiger partial charge is 0.497 e. The molecule has 0 radical (unpaired) electrons. The molecule has 1 aromatic carbocycles. The molecule has 2 N–H and O–H groups in total. The van der Waals surface area contributed by atoms with Crippen molar-refractivity contribution < 1.29 is 9.84 Å². The fourth-order valence-electron chi connectivity index (χ4n) is 1.84. The molecule has 1 aromatic rings. The summed E-state index contributed by atoms with van der Waals surface area (Å²) in [5.74, 6) is 0.800. The summed E-state index contributed by atoms with van der Waals surface area (Å²) in [5, 5.41) is 13.9. The molecule has 2 atom stereocenters. The topological polar surface area (TPSA) is 41.5 Å². The Morgan fingerprint density at radius 2 is 1.71 bits per heavy atom. The molecule has 0 saturated carbocycles. The van der Waals surface area contributed by atoms with Crippen molar-refractivity contribution in [1.82, 2.24) is 5.32 Å². The van der Waals surface area contributed by atoms with Gasteiger partial charge in [-0.15, -0.1) is 0 Å². The van der Waals surface area contributed by atoms with Crippen molar-refractivity contribution in [3.8, 4) is 5.75 Å². The molecule has 0 saturated heterocycles. The Bertz CT molecular complexity index is 344. The summed E-state index contributed by atoms with van der Waals surface area (Å²) in [5.41, 5.74) is -0.00440. The van der Waals surface area contributed by atoms with Crippen LogP contribution >= 0.6 is 0 Å². The Kier molecular flexibility index (Phi) is 4.54. The minimum atomic E-state index is -0.892. The van der Waals surface area contributed by atoms with E-state index in [9.17, 15) is 5.11 Å². The highest BCUT2D eigenvalue weighted by Crippen LogP contribution is 2.26. The maximum absolute atomic E-state index is 10.6. The van der Waals surface area contributed by atoms with Crippen molar-refractivity contribution in [2.45, 2.75) is 45.4 Å². The summed E-state index contributed by atoms with van der Waals surface area (Å²) in [7, 11) is 1.64. The summed E-state index contributed by atoms with van der Waals surface area (Å²) >= 11 is 0. The second-order valence-electron chi connectivity index (χ2n) is 4.92. The quantitative estimate of drug-likeness (QED) is 0.825. The minimum absolute atomic E-state index is 0.0177. The zero-order chi connectivity index (χ0) is 13.1. The third kappa shape index (κ3) is 3.45. The molecule has 0 aliphatic carbocycles. The van der Waals surface area contributed by atoms with Crippen LogP contribution < -0.4 is 10.1 Å². The lowest BCUT2D eigenvalue weighted by Crippen LogP contribution is -2.47. The van der Waals surface area contributed by atoms with Gasteiger partial charge in [0, 0.05) is 12.1 Å². The number of hydrogen-bond donors (Lipinski definition) is 2. The molecular weight excluding hydrogens is 214 g/mol. The molecule has 3 nitrogen and oxygen atoms in total. The van der Waals surface area contributed by atoms with Gasteiger partial charge in [-0.1, -0.05) is 26.0 Å². The first-order valence-electron chi connectivity index (χ1n) is 6.01. The van der Waals surface area contributed by atoms with Gasteiger partial charge in [0.2, 0.25) is 0 Å². The van der Waals surface area contributed by atoms with Gasteiger partial charge in [0.15, 0.2) is 0 Å². The number of hydrogen-bond acceptors (Lipinski definition) is 3. The van der Waals surface area contributed by atoms with Crippen molar-refractivity contribution in [3.05, 3.63) is 29.8 Å². The van der Waals surface area contributed by atoms with E-state index in [0.717, 1.165) is 11.3 Å². The average Bonchev–Trinajstić information content (AvgIpc) is 2.28. The van der Waals surface area contributed by atoms with Crippen LogP contribution in [0.1, 0.15) is 33.3 Å². The molecule has 3 heteroatoms. The van der Waals surface area contributed by atoms with E-state index >= 15 is 0 Å². The van der Waals surface area contributed by atoms with Crippen LogP contribution in [0.25, 0.3) is 0 Å². The van der Waals surface area contributed by atoms with E-state index in [1.165, 1.54) is 0 Å². The second-order valence-corrected chi connectivity index (χ2v) is 4.92. The molecule has 0 spiro atoms. The first-order valence-corrected chi connectivity index (χ1v) is 6.01. The molecule has 0 heterocycles. The van der Waals surface area contributed by atoms with Gasteiger partial charge in [0.1, 0.15) is 11.4 Å². The molecule has 96 valence electrons. The third-order valence-corrected chi connectivity index (χ3v) is 3.10. The molecule has 0 unspecified atom stereocenters. The Morgan fingerprint density at radius 1 is 1.18 bits per heavy atom. The smallest absolute Gasteiger partial charge is 0.118 e. The third-order valence-electron chi connectivity index (χ3n) is 3.10. The lowest BCUT2D eigenvalue weighted by molar-refractivity contribution is 0.0186. The first-order chi connectivity index (χ1) is 7.87. The highest BCUT2D eigenvalue weighted by molar-refractivity contribution is 5.31. The molecule has 1 rings (SSSR count). The standard InChI is InChI=1S/C14H23NO2/c1-10(2)15-11(3)14(4,16)12-6-8-13(17-5)9-7-12/h6-11,15-16H,1-5H3/t11-,14+/m1/s1. The predicted molar refractivity (Wildman–Crippen MR) is 70.3 cm³/mol. The van der Waals surface area contributed by atoms with E-state index in [4.69, 9.17) is 4.74 Å². The molecular formula is C14H23NO2. The Hall–Kier alpha value is -1.06. The van der Waals surface area contributed by atoms with Gasteiger partial charge in [-0.25, -0.2) is 0 Å². The van der Waals surface area contributed by atoms with Gasteiger partial charge in [0.25, 0.3) is 0 Å². The second kappa shape index (κ2) is 5.52. The minimum Gasteiger partial charge on any atom is -0.497 e. The fraction of sp³-hybridized carbons (Fsp3) is 0.571. The van der Waals surface area contributed by atoms with E-state index in [0.29, 0.717) is 6.04 Å². The molecule has 0 amide bonds. The monoisotopic (exact) mass is 237 g/mol. The summed E-state index contributed by atoms with van der Waals surface area (Å²) in [6.45, 7) is 7.96. The van der Waals surface area contributed by atoms with Gasteiger partial charge in [-0.05, 0) is 31.5 Å². The average molecular weight is 237 g/mol. The number of aliphatic hydroxyl groups is 1. The number of nitrogens with one attached hydrogen (secondary N) is 1. The zero-order valence-corrected chi connectivity index (χ0v) is 11.3. The van der Waals surface area contributed by atoms with Gasteiger partial charge >= 0.3 is 0 Å². The first kappa shape index (κ1) is 14.0. The SMILES string of the molecule is COc1ccc([C@@](C)(O)[C@@H](C)NC(C)C)cc1. The predicted octanol–water partition coefficient (Wildman–Crippen LogP) is 2.29. The van der Waals surface area contributed by atoms with Crippen LogP contribution in [0.3, 0.4) is 0 Å². The van der Waals surface area contributed by atoms with Crippen LogP contribution in [0.5, 0.6) is 5.75 Å². The Labute approximate surface area is 104 Å². The highest BCUT2D eigenvalue weighted by Gasteiger charge is 2.30. The van der Waals surface area contributed by atoms with E-state index < -0.39 is 5.60 Å². The van der Waals surface area contributed by atoms with Crippen LogP contribution in [0.2, 0.25) is 0 Å². The van der Waals surface area contributed by atoms with E-state index in [1.54, 1.807) is 7.11 Å². The Balaban J connectivity index is 2.87. The van der Waals surface area contributed by atoms with Crippen LogP contribution in [0.15, 0.2) is 24.3 Å². The van der Waals surface area contributed by atoms with Gasteiger partial charge < -0.3 is 15.2 Å².